The van der Waals surface area contributed by atoms with Crippen molar-refractivity contribution < 1.29 is 22.7 Å². The predicted octanol–water partition coefficient (Wildman–Crippen LogP) is 3.67. The summed E-state index contributed by atoms with van der Waals surface area (Å²) in [6.45, 7) is 3.59. The van der Waals surface area contributed by atoms with Gasteiger partial charge in [0.05, 0.1) is 28.4 Å². The highest BCUT2D eigenvalue weighted by Gasteiger charge is 2.20. The van der Waals surface area contributed by atoms with Crippen LogP contribution in [0.2, 0.25) is 5.02 Å². The molecule has 2 aromatic heterocycles. The number of esters is 1. The maximum atomic E-state index is 12.3. The number of nitrogens with zero attached hydrogens (tertiary/aromatic N) is 3. The van der Waals surface area contributed by atoms with Crippen molar-refractivity contribution in [3.8, 4) is 0 Å². The number of aromatic nitrogens is 3. The molecule has 10 nitrogen and oxygen atoms in total. The predicted molar refractivity (Wildman–Crippen MR) is 122 cm³/mol. The standard InChI is InChI=1S/C20H18ClN5O5S2/c1-3-31-19(27)14-11-23-12(2)18(24-14)32-15-9-10-22-17(16(15)21)25-20(28)26-33(29,30)13-7-5-4-6-8-13/h4-11H,3H2,1-2H3,(H2,22,25,26,28). The fourth-order valence-electron chi connectivity index (χ4n) is 2.44. The third-order valence-corrected chi connectivity index (χ3v) is 6.95. The molecule has 1 aromatic carbocycles. The van der Waals surface area contributed by atoms with E-state index >= 15 is 0 Å². The molecular formula is C20H18ClN5O5S2. The quantitative estimate of drug-likeness (QED) is 0.458. The summed E-state index contributed by atoms with van der Waals surface area (Å²) in [5, 5.41) is 2.78. The van der Waals surface area contributed by atoms with Crippen molar-refractivity contribution in [1.82, 2.24) is 19.7 Å². The Morgan fingerprint density at radius 1 is 1.15 bits per heavy atom. The molecule has 0 saturated carbocycles. The van der Waals surface area contributed by atoms with E-state index in [2.05, 4.69) is 20.3 Å². The molecule has 0 bridgehead atoms. The first-order valence-electron chi connectivity index (χ1n) is 9.43. The van der Waals surface area contributed by atoms with Crippen LogP contribution in [0.3, 0.4) is 0 Å². The van der Waals surface area contributed by atoms with Gasteiger partial charge in [0.15, 0.2) is 11.5 Å². The summed E-state index contributed by atoms with van der Waals surface area (Å²) in [4.78, 5) is 37.0. The fraction of sp³-hybridized carbons (Fsp3) is 0.150. The first-order chi connectivity index (χ1) is 15.7. The Kier molecular flexibility index (Phi) is 7.84. The Hall–Kier alpha value is -3.22. The Morgan fingerprint density at radius 3 is 2.58 bits per heavy atom. The number of urea groups is 1. The molecule has 0 aliphatic heterocycles. The van der Waals surface area contributed by atoms with E-state index < -0.39 is 22.0 Å². The molecule has 0 fully saturated rings. The molecular weight excluding hydrogens is 490 g/mol. The minimum absolute atomic E-state index is 0.0407. The van der Waals surface area contributed by atoms with E-state index in [0.29, 0.717) is 15.6 Å². The number of aryl methyl sites for hydroxylation is 1. The normalized spacial score (nSPS) is 11.0. The van der Waals surface area contributed by atoms with E-state index in [9.17, 15) is 18.0 Å². The summed E-state index contributed by atoms with van der Waals surface area (Å²) in [6.07, 6.45) is 2.70. The van der Waals surface area contributed by atoms with E-state index in [1.54, 1.807) is 26.0 Å². The average Bonchev–Trinajstić information content (AvgIpc) is 2.78. The molecule has 3 rings (SSSR count). The smallest absolute Gasteiger partial charge is 0.358 e. The van der Waals surface area contributed by atoms with Crippen molar-refractivity contribution in [3.05, 3.63) is 65.2 Å². The SMILES string of the molecule is CCOC(=O)c1cnc(C)c(Sc2ccnc(NC(=O)NS(=O)(=O)c3ccccc3)c2Cl)n1. The molecule has 0 aliphatic rings. The molecule has 172 valence electrons. The van der Waals surface area contributed by atoms with Gasteiger partial charge in [-0.25, -0.2) is 32.7 Å². The molecule has 33 heavy (non-hydrogen) atoms. The van der Waals surface area contributed by atoms with Crippen LogP contribution in [0.1, 0.15) is 23.1 Å². The highest BCUT2D eigenvalue weighted by Crippen LogP contribution is 2.36. The van der Waals surface area contributed by atoms with Gasteiger partial charge in [0.1, 0.15) is 5.03 Å². The molecule has 2 amide bonds. The molecule has 0 radical (unpaired) electrons. The van der Waals surface area contributed by atoms with Crippen LogP contribution in [0, 0.1) is 6.92 Å². The summed E-state index contributed by atoms with van der Waals surface area (Å²) in [5.41, 5.74) is 0.584. The van der Waals surface area contributed by atoms with Gasteiger partial charge < -0.3 is 4.74 Å². The second-order valence-corrected chi connectivity index (χ2v) is 9.40. The number of amides is 2. The summed E-state index contributed by atoms with van der Waals surface area (Å²) in [6, 6.07) is 7.98. The Morgan fingerprint density at radius 2 is 1.88 bits per heavy atom. The molecule has 0 unspecified atom stereocenters. The number of hydrogen-bond acceptors (Lipinski definition) is 9. The second kappa shape index (κ2) is 10.6. The minimum Gasteiger partial charge on any atom is -0.461 e. The van der Waals surface area contributed by atoms with Gasteiger partial charge in [-0.3, -0.25) is 10.3 Å². The first-order valence-corrected chi connectivity index (χ1v) is 12.1. The van der Waals surface area contributed by atoms with Gasteiger partial charge in [-0.15, -0.1) is 0 Å². The van der Waals surface area contributed by atoms with Crippen LogP contribution in [0.25, 0.3) is 0 Å². The van der Waals surface area contributed by atoms with Crippen molar-refractivity contribution in [2.75, 3.05) is 11.9 Å². The van der Waals surface area contributed by atoms with E-state index in [-0.39, 0.29) is 28.0 Å². The lowest BCUT2D eigenvalue weighted by molar-refractivity contribution is 0.0518. The van der Waals surface area contributed by atoms with Crippen LogP contribution >= 0.6 is 23.4 Å². The van der Waals surface area contributed by atoms with E-state index in [4.69, 9.17) is 16.3 Å². The molecule has 0 saturated heterocycles. The van der Waals surface area contributed by atoms with E-state index in [0.717, 1.165) is 11.8 Å². The zero-order valence-corrected chi connectivity index (χ0v) is 19.8. The number of ether oxygens (including phenoxy) is 1. The van der Waals surface area contributed by atoms with Gasteiger partial charge >= 0.3 is 12.0 Å². The summed E-state index contributed by atoms with van der Waals surface area (Å²) >= 11 is 7.48. The van der Waals surface area contributed by atoms with Gasteiger partial charge in [0, 0.05) is 11.1 Å². The Balaban J connectivity index is 1.78. The monoisotopic (exact) mass is 507 g/mol. The van der Waals surface area contributed by atoms with E-state index in [1.807, 2.05) is 4.72 Å². The third kappa shape index (κ3) is 6.18. The number of nitrogens with one attached hydrogen (secondary N) is 2. The van der Waals surface area contributed by atoms with Crippen LogP contribution < -0.4 is 10.0 Å². The zero-order chi connectivity index (χ0) is 24.0. The molecule has 3 aromatic rings. The third-order valence-electron chi connectivity index (χ3n) is 3.97. The zero-order valence-electron chi connectivity index (χ0n) is 17.4. The van der Waals surface area contributed by atoms with Gasteiger partial charge in [-0.1, -0.05) is 41.6 Å². The van der Waals surface area contributed by atoms with Crippen LogP contribution in [-0.2, 0) is 14.8 Å². The second-order valence-electron chi connectivity index (χ2n) is 6.31. The Bertz CT molecular complexity index is 1290. The van der Waals surface area contributed by atoms with Crippen LogP contribution in [0.4, 0.5) is 10.6 Å². The number of carbonyl (C=O) groups is 2. The fourth-order valence-corrected chi connectivity index (χ4v) is 4.51. The van der Waals surface area contributed by atoms with Gasteiger partial charge in [0.2, 0.25) is 0 Å². The van der Waals surface area contributed by atoms with Gasteiger partial charge in [-0.05, 0) is 32.0 Å². The topological polar surface area (TPSA) is 140 Å². The number of hydrogen-bond donors (Lipinski definition) is 2. The number of anilines is 1. The van der Waals surface area contributed by atoms with Crippen LogP contribution in [-0.4, -0.2) is 42.0 Å². The number of rotatable bonds is 7. The average molecular weight is 508 g/mol. The lowest BCUT2D eigenvalue weighted by Gasteiger charge is -2.12. The van der Waals surface area contributed by atoms with Crippen molar-refractivity contribution in [2.45, 2.75) is 28.7 Å². The highest BCUT2D eigenvalue weighted by atomic mass is 35.5. The molecule has 0 atom stereocenters. The molecule has 13 heteroatoms. The number of pyridine rings is 1. The number of carbonyl (C=O) groups excluding carboxylic acids is 2. The van der Waals surface area contributed by atoms with Gasteiger partial charge in [0.25, 0.3) is 10.0 Å². The summed E-state index contributed by atoms with van der Waals surface area (Å²) < 4.78 is 31.5. The maximum Gasteiger partial charge on any atom is 0.358 e. The minimum atomic E-state index is -4.07. The van der Waals surface area contributed by atoms with Crippen molar-refractivity contribution >= 4 is 51.2 Å². The largest absolute Gasteiger partial charge is 0.461 e. The van der Waals surface area contributed by atoms with Crippen molar-refractivity contribution in [1.29, 1.82) is 0 Å². The lowest BCUT2D eigenvalue weighted by Crippen LogP contribution is -2.34. The van der Waals surface area contributed by atoms with Crippen LogP contribution in [0.5, 0.6) is 0 Å². The molecule has 0 spiro atoms. The highest BCUT2D eigenvalue weighted by molar-refractivity contribution is 7.99. The number of halogens is 1. The van der Waals surface area contributed by atoms with Crippen molar-refractivity contribution in [2.24, 2.45) is 0 Å². The van der Waals surface area contributed by atoms with Crippen molar-refractivity contribution in [3.63, 3.8) is 0 Å². The number of benzene rings is 1. The van der Waals surface area contributed by atoms with Crippen LogP contribution in [0.15, 0.2) is 63.6 Å². The van der Waals surface area contributed by atoms with E-state index in [1.165, 1.54) is 36.7 Å². The van der Waals surface area contributed by atoms with Gasteiger partial charge in [-0.2, -0.15) is 0 Å². The first kappa shape index (κ1) is 24.4. The molecule has 2 heterocycles. The summed E-state index contributed by atoms with van der Waals surface area (Å²) in [5.74, 6) is -0.666. The Labute approximate surface area is 199 Å². The lowest BCUT2D eigenvalue weighted by atomic mass is 10.4. The molecule has 2 N–H and O–H groups in total. The summed E-state index contributed by atoms with van der Waals surface area (Å²) in [7, 11) is -4.07. The molecule has 0 aliphatic carbocycles. The number of sulfonamides is 1. The maximum absolute atomic E-state index is 12.3.